The highest BCUT2D eigenvalue weighted by Gasteiger charge is 2.42. The zero-order chi connectivity index (χ0) is 31.9. The number of carbonyl (C=O) groups excluding carboxylic acids is 6. The maximum Gasteiger partial charge on any atom is 0.247 e. The van der Waals surface area contributed by atoms with Gasteiger partial charge in [-0.2, -0.15) is 11.8 Å². The van der Waals surface area contributed by atoms with Crippen LogP contribution in [-0.4, -0.2) is 119 Å². The molecule has 2 aliphatic heterocycles. The molecular formula is C29H43N7O6S. The van der Waals surface area contributed by atoms with Gasteiger partial charge in [0.05, 0.1) is 19.6 Å². The van der Waals surface area contributed by atoms with Gasteiger partial charge >= 0.3 is 0 Å². The number of nitrogens with one attached hydrogen (secondary N) is 2. The molecule has 2 fully saturated rings. The number of hydrogen-bond acceptors (Lipinski definition) is 8. The lowest BCUT2D eigenvalue weighted by Crippen LogP contribution is -2.55. The summed E-state index contributed by atoms with van der Waals surface area (Å²) in [7, 11) is 0. The second-order valence-corrected chi connectivity index (χ2v) is 11.9. The molecule has 2 aliphatic rings. The van der Waals surface area contributed by atoms with Crippen LogP contribution < -0.4 is 22.1 Å². The molecule has 0 aromatic carbocycles. The Labute approximate surface area is 257 Å². The summed E-state index contributed by atoms with van der Waals surface area (Å²) in [6.45, 7) is 0.241. The molecule has 6 N–H and O–H groups in total. The molecule has 0 saturated carbocycles. The van der Waals surface area contributed by atoms with Gasteiger partial charge in [0.2, 0.25) is 35.4 Å². The molecule has 0 aromatic heterocycles. The largest absolute Gasteiger partial charge is 0.368 e. The summed E-state index contributed by atoms with van der Waals surface area (Å²) in [6, 6.07) is -0.835. The smallest absolute Gasteiger partial charge is 0.247 e. The fourth-order valence-electron chi connectivity index (χ4n) is 5.21. The van der Waals surface area contributed by atoms with Crippen LogP contribution in [0.4, 0.5) is 0 Å². The van der Waals surface area contributed by atoms with E-state index in [2.05, 4.69) is 22.5 Å². The zero-order valence-electron chi connectivity index (χ0n) is 24.7. The molecule has 0 aromatic rings. The van der Waals surface area contributed by atoms with Crippen LogP contribution in [0.3, 0.4) is 0 Å². The number of amides is 6. The van der Waals surface area contributed by atoms with E-state index in [0.29, 0.717) is 30.4 Å². The average molecular weight is 618 g/mol. The molecule has 0 bridgehead atoms. The van der Waals surface area contributed by atoms with E-state index in [-0.39, 0.29) is 57.0 Å². The minimum Gasteiger partial charge on any atom is -0.368 e. The van der Waals surface area contributed by atoms with Gasteiger partial charge in [0.25, 0.3) is 0 Å². The first kappa shape index (κ1) is 35.4. The lowest BCUT2D eigenvalue weighted by Gasteiger charge is -2.29. The minimum absolute atomic E-state index is 0.108. The van der Waals surface area contributed by atoms with Crippen LogP contribution in [0.25, 0.3) is 0 Å². The fraction of sp³-hybridized carbons (Fsp3) is 0.655. The van der Waals surface area contributed by atoms with Crippen molar-refractivity contribution >= 4 is 47.2 Å². The van der Waals surface area contributed by atoms with Crippen molar-refractivity contribution in [1.29, 1.82) is 0 Å². The third-order valence-corrected chi connectivity index (χ3v) is 8.90. The van der Waals surface area contributed by atoms with E-state index in [0.717, 1.165) is 28.4 Å². The lowest BCUT2D eigenvalue weighted by molar-refractivity contribution is -0.145. The monoisotopic (exact) mass is 617 g/mol. The summed E-state index contributed by atoms with van der Waals surface area (Å²) in [6.07, 6.45) is 14.4. The molecule has 0 spiro atoms. The minimum atomic E-state index is -1.08. The molecule has 2 heterocycles. The van der Waals surface area contributed by atoms with E-state index in [1.807, 2.05) is 18.7 Å². The Kier molecular flexibility index (Phi) is 14.9. The van der Waals surface area contributed by atoms with Crippen molar-refractivity contribution in [2.75, 3.05) is 51.6 Å². The van der Waals surface area contributed by atoms with E-state index in [4.69, 9.17) is 24.3 Å². The number of nitrogens with zero attached hydrogens (tertiary/aromatic N) is 3. The summed E-state index contributed by atoms with van der Waals surface area (Å²) in [4.78, 5) is 78.3. The second-order valence-electron chi connectivity index (χ2n) is 10.6. The molecule has 13 nitrogen and oxygen atoms in total. The van der Waals surface area contributed by atoms with E-state index in [9.17, 15) is 28.8 Å². The van der Waals surface area contributed by atoms with Crippen LogP contribution in [-0.2, 0) is 28.8 Å². The Bertz CT molecular complexity index is 1120. The molecule has 4 atom stereocenters. The van der Waals surface area contributed by atoms with Crippen molar-refractivity contribution in [3.05, 3.63) is 0 Å². The number of thioether (sulfide) groups is 1. The maximum absolute atomic E-state index is 13.3. The first-order valence-electron chi connectivity index (χ1n) is 14.4. The van der Waals surface area contributed by atoms with Crippen molar-refractivity contribution < 1.29 is 28.8 Å². The van der Waals surface area contributed by atoms with Crippen LogP contribution in [0, 0.1) is 30.6 Å². The Hall–Kier alpha value is -3.75. The predicted octanol–water partition coefficient (Wildman–Crippen LogP) is -1.74. The quantitative estimate of drug-likeness (QED) is 0.103. The summed E-state index contributed by atoms with van der Waals surface area (Å²) in [5.74, 6) is 3.19. The molecule has 6 amide bonds. The number of rotatable bonds is 18. The number of hydrogen-bond donors (Lipinski definition) is 4. The summed E-state index contributed by atoms with van der Waals surface area (Å²) in [5, 5.41) is 6.06. The van der Waals surface area contributed by atoms with Gasteiger partial charge in [-0.3, -0.25) is 28.8 Å². The van der Waals surface area contributed by atoms with E-state index in [1.54, 1.807) is 0 Å². The van der Waals surface area contributed by atoms with Crippen molar-refractivity contribution in [2.45, 2.75) is 62.8 Å². The predicted molar refractivity (Wildman–Crippen MR) is 163 cm³/mol. The third-order valence-electron chi connectivity index (χ3n) is 7.34. The molecule has 2 saturated heterocycles. The van der Waals surface area contributed by atoms with Crippen molar-refractivity contribution in [3.63, 3.8) is 0 Å². The molecule has 43 heavy (non-hydrogen) atoms. The topological polar surface area (TPSA) is 188 Å². The van der Waals surface area contributed by atoms with E-state index < -0.39 is 42.8 Å². The lowest BCUT2D eigenvalue weighted by atomic mass is 9.94. The maximum atomic E-state index is 13.3. The molecule has 0 radical (unpaired) electrons. The van der Waals surface area contributed by atoms with Gasteiger partial charge in [-0.15, -0.1) is 12.8 Å². The standard InChI is InChI=1S/C29H43N7O6S/c1-4-11-34(16-24(31)37)27(40)17-35(12-5-2)28(41)18-36(13-6-3)29(42)21(15-30)32-25(38)10-8-7-9-23-20-14-26(39)33-22(20)19-43-23/h1,3,20-23H,5,7-19,30H2,2H3,(H2,31,37)(H,32,38)(H,33,39)/t20-,21?,22-,23-/m0/s1. The first-order valence-corrected chi connectivity index (χ1v) is 15.5. The molecule has 0 aliphatic carbocycles. The van der Waals surface area contributed by atoms with Crippen LogP contribution in [0.15, 0.2) is 0 Å². The van der Waals surface area contributed by atoms with Crippen LogP contribution in [0.2, 0.25) is 0 Å². The Morgan fingerprint density at radius 2 is 1.70 bits per heavy atom. The SMILES string of the molecule is C#CCN(CC(N)=O)C(=O)CN(CCC)C(=O)CN(CC#C)C(=O)C(CN)NC(=O)CCCC[C@@H]1SC[C@@H]2NC(=O)C[C@@H]21. The number of terminal acetylenes is 2. The number of unbranched alkanes of at least 4 members (excludes halogenated alkanes) is 1. The molecular weight excluding hydrogens is 574 g/mol. The van der Waals surface area contributed by atoms with Gasteiger partial charge in [-0.1, -0.05) is 25.2 Å². The molecule has 2 rings (SSSR count). The highest BCUT2D eigenvalue weighted by atomic mass is 32.2. The Balaban J connectivity index is 1.91. The first-order chi connectivity index (χ1) is 20.5. The zero-order valence-corrected chi connectivity index (χ0v) is 25.5. The number of primary amides is 1. The molecule has 1 unspecified atom stereocenters. The van der Waals surface area contributed by atoms with Gasteiger partial charge in [-0.05, 0) is 19.3 Å². The summed E-state index contributed by atoms with van der Waals surface area (Å²) < 4.78 is 0. The van der Waals surface area contributed by atoms with Crippen molar-refractivity contribution in [2.24, 2.45) is 17.4 Å². The second kappa shape index (κ2) is 18.0. The van der Waals surface area contributed by atoms with E-state index >= 15 is 0 Å². The summed E-state index contributed by atoms with van der Waals surface area (Å²) >= 11 is 1.86. The van der Waals surface area contributed by atoms with Gasteiger partial charge in [0.1, 0.15) is 19.1 Å². The molecule has 236 valence electrons. The molecule has 14 heteroatoms. The fourth-order valence-corrected chi connectivity index (χ4v) is 6.86. The normalized spacial score (nSPS) is 19.3. The highest BCUT2D eigenvalue weighted by Crippen LogP contribution is 2.40. The van der Waals surface area contributed by atoms with Gasteiger partial charge in [-0.25, -0.2) is 0 Å². The van der Waals surface area contributed by atoms with Crippen LogP contribution in [0.1, 0.15) is 45.4 Å². The van der Waals surface area contributed by atoms with Crippen LogP contribution >= 0.6 is 11.8 Å². The van der Waals surface area contributed by atoms with Crippen LogP contribution in [0.5, 0.6) is 0 Å². The van der Waals surface area contributed by atoms with Crippen molar-refractivity contribution in [1.82, 2.24) is 25.3 Å². The third kappa shape index (κ3) is 11.1. The number of carbonyl (C=O) groups is 6. The number of fused-ring (bicyclic) bond motifs is 1. The van der Waals surface area contributed by atoms with Gasteiger partial charge in [0.15, 0.2) is 0 Å². The highest BCUT2D eigenvalue weighted by molar-refractivity contribution is 8.00. The Morgan fingerprint density at radius 1 is 1.05 bits per heavy atom. The van der Waals surface area contributed by atoms with Gasteiger partial charge < -0.3 is 36.8 Å². The average Bonchev–Trinajstić information content (AvgIpc) is 3.51. The van der Waals surface area contributed by atoms with E-state index in [1.165, 1.54) is 4.90 Å². The summed E-state index contributed by atoms with van der Waals surface area (Å²) in [5.41, 5.74) is 11.0. The number of nitrogens with two attached hydrogens (primary N) is 2. The van der Waals surface area contributed by atoms with Gasteiger partial charge in [0, 0.05) is 48.9 Å². The van der Waals surface area contributed by atoms with Crippen molar-refractivity contribution in [3.8, 4) is 24.7 Å². The Morgan fingerprint density at radius 3 is 2.33 bits per heavy atom.